The zero-order valence-electron chi connectivity index (χ0n) is 11.7. The number of nitrogens with zero attached hydrogens (tertiary/aromatic N) is 1. The summed E-state index contributed by atoms with van der Waals surface area (Å²) in [5.74, 6) is 1.38. The minimum atomic E-state index is 0.185. The smallest absolute Gasteiger partial charge is 0.220 e. The first-order chi connectivity index (χ1) is 8.58. The molecule has 0 radical (unpaired) electrons. The topological polar surface area (TPSA) is 58.4 Å². The third-order valence-electron chi connectivity index (χ3n) is 4.50. The Kier molecular flexibility index (Phi) is 4.62. The number of hydrogen-bond acceptors (Lipinski definition) is 3. The number of nitrogens with one attached hydrogen (secondary N) is 1. The quantitative estimate of drug-likeness (QED) is 0.741. The van der Waals surface area contributed by atoms with Crippen LogP contribution in [-0.4, -0.2) is 43.5 Å². The van der Waals surface area contributed by atoms with Gasteiger partial charge in [-0.25, -0.2) is 0 Å². The highest BCUT2D eigenvalue weighted by Crippen LogP contribution is 2.34. The Morgan fingerprint density at radius 3 is 2.56 bits per heavy atom. The van der Waals surface area contributed by atoms with Crippen molar-refractivity contribution in [3.8, 4) is 0 Å². The van der Waals surface area contributed by atoms with Crippen LogP contribution in [-0.2, 0) is 4.79 Å². The molecule has 18 heavy (non-hydrogen) atoms. The fraction of sp³-hybridized carbons (Fsp3) is 0.929. The molecular weight excluding hydrogens is 226 g/mol. The normalized spacial score (nSPS) is 29.6. The van der Waals surface area contributed by atoms with Crippen LogP contribution in [0.4, 0.5) is 0 Å². The highest BCUT2D eigenvalue weighted by Gasteiger charge is 2.33. The summed E-state index contributed by atoms with van der Waals surface area (Å²) in [7, 11) is 4.20. The highest BCUT2D eigenvalue weighted by atomic mass is 16.1. The van der Waals surface area contributed by atoms with E-state index < -0.39 is 0 Å². The molecule has 2 aliphatic carbocycles. The van der Waals surface area contributed by atoms with Gasteiger partial charge in [0, 0.05) is 25.0 Å². The molecule has 1 amide bonds. The molecule has 0 aromatic heterocycles. The fourth-order valence-corrected chi connectivity index (χ4v) is 3.10. The van der Waals surface area contributed by atoms with Crippen LogP contribution in [0.2, 0.25) is 0 Å². The molecular formula is C14H27N3O. The van der Waals surface area contributed by atoms with Crippen molar-refractivity contribution >= 4 is 5.91 Å². The summed E-state index contributed by atoms with van der Waals surface area (Å²) in [6.45, 7) is 0.790. The van der Waals surface area contributed by atoms with E-state index in [4.69, 9.17) is 5.73 Å². The second kappa shape index (κ2) is 6.02. The van der Waals surface area contributed by atoms with Gasteiger partial charge in [0.05, 0.1) is 0 Å². The van der Waals surface area contributed by atoms with Crippen molar-refractivity contribution in [3.05, 3.63) is 0 Å². The average Bonchev–Trinajstić information content (AvgIpc) is 3.05. The van der Waals surface area contributed by atoms with E-state index in [9.17, 15) is 4.79 Å². The maximum atomic E-state index is 11.9. The van der Waals surface area contributed by atoms with Gasteiger partial charge < -0.3 is 16.0 Å². The third-order valence-corrected chi connectivity index (χ3v) is 4.50. The molecule has 2 aliphatic rings. The molecule has 3 atom stereocenters. The first kappa shape index (κ1) is 13.8. The standard InChI is InChI=1S/C14H27N3O/c1-17(2)13(10-6-7-10)9-16-14(18)8-11-4-3-5-12(11)15/h10-13H,3-9,15H2,1-2H3,(H,16,18)/t11-,12+,13?/m0/s1. The van der Waals surface area contributed by atoms with E-state index in [0.717, 1.165) is 25.3 Å². The zero-order valence-corrected chi connectivity index (χ0v) is 11.7. The van der Waals surface area contributed by atoms with E-state index in [1.165, 1.54) is 19.3 Å². The summed E-state index contributed by atoms with van der Waals surface area (Å²) in [4.78, 5) is 14.2. The third kappa shape index (κ3) is 3.69. The van der Waals surface area contributed by atoms with Crippen molar-refractivity contribution in [2.75, 3.05) is 20.6 Å². The van der Waals surface area contributed by atoms with E-state index in [-0.39, 0.29) is 11.9 Å². The number of nitrogens with two attached hydrogens (primary N) is 1. The van der Waals surface area contributed by atoms with Gasteiger partial charge in [-0.1, -0.05) is 6.42 Å². The number of carbonyl (C=O) groups excluding carboxylic acids is 1. The fourth-order valence-electron chi connectivity index (χ4n) is 3.10. The van der Waals surface area contributed by atoms with E-state index in [1.807, 2.05) is 0 Å². The van der Waals surface area contributed by atoms with Crippen LogP contribution in [0.15, 0.2) is 0 Å². The molecule has 3 N–H and O–H groups in total. The first-order valence-corrected chi connectivity index (χ1v) is 7.26. The van der Waals surface area contributed by atoms with Crippen molar-refractivity contribution in [3.63, 3.8) is 0 Å². The number of rotatable bonds is 6. The van der Waals surface area contributed by atoms with Crippen LogP contribution >= 0.6 is 0 Å². The molecule has 4 heteroatoms. The molecule has 0 aromatic carbocycles. The van der Waals surface area contributed by atoms with E-state index in [1.54, 1.807) is 0 Å². The summed E-state index contributed by atoms with van der Waals surface area (Å²) in [6, 6.07) is 0.745. The molecule has 0 aromatic rings. The molecule has 0 bridgehead atoms. The van der Waals surface area contributed by atoms with Gasteiger partial charge in [0.25, 0.3) is 0 Å². The Bertz CT molecular complexity index is 287. The molecule has 104 valence electrons. The maximum absolute atomic E-state index is 11.9. The maximum Gasteiger partial charge on any atom is 0.220 e. The predicted octanol–water partition coefficient (Wildman–Crippen LogP) is 0.960. The SMILES string of the molecule is CN(C)C(CNC(=O)C[C@@H]1CCC[C@H]1N)C1CC1. The number of amides is 1. The molecule has 0 spiro atoms. The molecule has 4 nitrogen and oxygen atoms in total. The first-order valence-electron chi connectivity index (χ1n) is 7.26. The number of likely N-dealkylation sites (N-methyl/N-ethyl adjacent to an activating group) is 1. The van der Waals surface area contributed by atoms with Crippen LogP contribution < -0.4 is 11.1 Å². The minimum Gasteiger partial charge on any atom is -0.355 e. The predicted molar refractivity (Wildman–Crippen MR) is 73.1 cm³/mol. The summed E-state index contributed by atoms with van der Waals surface area (Å²) in [6.07, 6.45) is 6.63. The van der Waals surface area contributed by atoms with Crippen molar-refractivity contribution in [1.29, 1.82) is 0 Å². The summed E-state index contributed by atoms with van der Waals surface area (Å²) < 4.78 is 0. The van der Waals surface area contributed by atoms with Gasteiger partial charge in [-0.05, 0) is 51.6 Å². The molecule has 2 saturated carbocycles. The van der Waals surface area contributed by atoms with E-state index in [0.29, 0.717) is 18.4 Å². The van der Waals surface area contributed by atoms with Crippen LogP contribution in [0.3, 0.4) is 0 Å². The zero-order chi connectivity index (χ0) is 13.1. The van der Waals surface area contributed by atoms with Crippen molar-refractivity contribution in [2.45, 2.75) is 50.6 Å². The Morgan fingerprint density at radius 1 is 1.33 bits per heavy atom. The van der Waals surface area contributed by atoms with Gasteiger partial charge >= 0.3 is 0 Å². The Hall–Kier alpha value is -0.610. The number of hydrogen-bond donors (Lipinski definition) is 2. The van der Waals surface area contributed by atoms with Crippen molar-refractivity contribution < 1.29 is 4.79 Å². The second-order valence-corrected chi connectivity index (χ2v) is 6.23. The van der Waals surface area contributed by atoms with Gasteiger partial charge in [0.1, 0.15) is 0 Å². The van der Waals surface area contributed by atoms with Gasteiger partial charge in [0.15, 0.2) is 0 Å². The van der Waals surface area contributed by atoms with E-state index >= 15 is 0 Å². The van der Waals surface area contributed by atoms with Crippen LogP contribution in [0.5, 0.6) is 0 Å². The lowest BCUT2D eigenvalue weighted by Crippen LogP contribution is -2.42. The summed E-state index contributed by atoms with van der Waals surface area (Å²) in [5.41, 5.74) is 6.00. The van der Waals surface area contributed by atoms with Crippen molar-refractivity contribution in [2.24, 2.45) is 17.6 Å². The minimum absolute atomic E-state index is 0.185. The van der Waals surface area contributed by atoms with Crippen molar-refractivity contribution in [1.82, 2.24) is 10.2 Å². The lowest BCUT2D eigenvalue weighted by molar-refractivity contribution is -0.122. The van der Waals surface area contributed by atoms with Gasteiger partial charge in [-0.2, -0.15) is 0 Å². The number of carbonyl (C=O) groups is 1. The molecule has 0 heterocycles. The van der Waals surface area contributed by atoms with Gasteiger partial charge in [-0.3, -0.25) is 4.79 Å². The lowest BCUT2D eigenvalue weighted by atomic mass is 10.00. The molecule has 0 aliphatic heterocycles. The Morgan fingerprint density at radius 2 is 2.06 bits per heavy atom. The van der Waals surface area contributed by atoms with Crippen LogP contribution in [0, 0.1) is 11.8 Å². The average molecular weight is 253 g/mol. The molecule has 0 saturated heterocycles. The van der Waals surface area contributed by atoms with Gasteiger partial charge in [0.2, 0.25) is 5.91 Å². The Labute approximate surface area is 110 Å². The van der Waals surface area contributed by atoms with Gasteiger partial charge in [-0.15, -0.1) is 0 Å². The summed E-state index contributed by atoms with van der Waals surface area (Å²) in [5, 5.41) is 3.10. The van der Waals surface area contributed by atoms with E-state index in [2.05, 4.69) is 24.3 Å². The monoisotopic (exact) mass is 253 g/mol. The van der Waals surface area contributed by atoms with Crippen LogP contribution in [0.1, 0.15) is 38.5 Å². The Balaban J connectivity index is 1.70. The lowest BCUT2D eigenvalue weighted by Gasteiger charge is -2.25. The molecule has 2 rings (SSSR count). The van der Waals surface area contributed by atoms with Crippen LogP contribution in [0.25, 0.3) is 0 Å². The largest absolute Gasteiger partial charge is 0.355 e. The molecule has 1 unspecified atom stereocenters. The summed E-state index contributed by atoms with van der Waals surface area (Å²) >= 11 is 0. The molecule has 2 fully saturated rings. The highest BCUT2D eigenvalue weighted by molar-refractivity contribution is 5.76. The second-order valence-electron chi connectivity index (χ2n) is 6.23.